The molecule has 2 amide bonds. The summed E-state index contributed by atoms with van der Waals surface area (Å²) in [5, 5.41) is 5.58. The maximum atomic E-state index is 12.0. The van der Waals surface area contributed by atoms with E-state index >= 15 is 0 Å². The lowest BCUT2D eigenvalue weighted by atomic mass is 10.1. The highest BCUT2D eigenvalue weighted by Crippen LogP contribution is 2.34. The number of benzene rings is 1. The van der Waals surface area contributed by atoms with Gasteiger partial charge in [-0.15, -0.1) is 0 Å². The van der Waals surface area contributed by atoms with Gasteiger partial charge in [-0.3, -0.25) is 4.79 Å². The number of hydrogen-bond donors (Lipinski definition) is 2. The number of ether oxygens (including phenoxy) is 2. The first-order valence-corrected chi connectivity index (χ1v) is 6.90. The van der Waals surface area contributed by atoms with Crippen LogP contribution in [0.1, 0.15) is 19.3 Å². The van der Waals surface area contributed by atoms with Gasteiger partial charge in [0.1, 0.15) is 5.75 Å². The summed E-state index contributed by atoms with van der Waals surface area (Å²) in [5.74, 6) is 0.782. The number of nitrogens with one attached hydrogen (secondary N) is 2. The van der Waals surface area contributed by atoms with Gasteiger partial charge in [-0.25, -0.2) is 4.79 Å². The van der Waals surface area contributed by atoms with Gasteiger partial charge in [-0.2, -0.15) is 0 Å². The molecule has 0 unspecified atom stereocenters. The van der Waals surface area contributed by atoms with Crippen LogP contribution in [0.3, 0.4) is 0 Å². The summed E-state index contributed by atoms with van der Waals surface area (Å²) in [5.41, 5.74) is 0.668. The topological polar surface area (TPSA) is 76.7 Å². The number of rotatable bonds is 6. The maximum Gasteiger partial charge on any atom is 0.319 e. The van der Waals surface area contributed by atoms with E-state index in [4.69, 9.17) is 4.74 Å². The fourth-order valence-corrected chi connectivity index (χ4v) is 2.11. The van der Waals surface area contributed by atoms with E-state index in [-0.39, 0.29) is 24.5 Å². The van der Waals surface area contributed by atoms with Crippen LogP contribution in [0.5, 0.6) is 5.75 Å². The average molecular weight is 292 g/mol. The molecular weight excluding hydrogens is 272 g/mol. The lowest BCUT2D eigenvalue weighted by molar-refractivity contribution is -0.141. The quantitative estimate of drug-likeness (QED) is 0.788. The smallest absolute Gasteiger partial charge is 0.319 e. The van der Waals surface area contributed by atoms with Crippen molar-refractivity contribution in [2.24, 2.45) is 5.92 Å². The van der Waals surface area contributed by atoms with Crippen LogP contribution in [0.4, 0.5) is 10.5 Å². The van der Waals surface area contributed by atoms with Crippen molar-refractivity contribution in [2.45, 2.75) is 25.3 Å². The molecule has 1 saturated carbocycles. The highest BCUT2D eigenvalue weighted by Gasteiger charge is 2.34. The number of urea groups is 1. The second-order valence-corrected chi connectivity index (χ2v) is 5.05. The van der Waals surface area contributed by atoms with Crippen molar-refractivity contribution in [1.29, 1.82) is 0 Å². The van der Waals surface area contributed by atoms with Crippen LogP contribution in [0.25, 0.3) is 0 Å². The summed E-state index contributed by atoms with van der Waals surface area (Å²) < 4.78 is 9.71. The van der Waals surface area contributed by atoms with E-state index in [1.807, 2.05) is 0 Å². The van der Waals surface area contributed by atoms with Crippen molar-refractivity contribution >= 4 is 17.7 Å². The van der Waals surface area contributed by atoms with Gasteiger partial charge in [-0.1, -0.05) is 0 Å². The molecule has 0 aromatic heterocycles. The summed E-state index contributed by atoms with van der Waals surface area (Å²) in [6.07, 6.45) is 2.27. The normalized spacial score (nSPS) is 15.0. The molecule has 1 atom stereocenters. The Morgan fingerprint density at radius 3 is 2.43 bits per heavy atom. The third-order valence-corrected chi connectivity index (χ3v) is 3.47. The molecule has 1 aromatic rings. The van der Waals surface area contributed by atoms with Crippen molar-refractivity contribution in [3.8, 4) is 5.75 Å². The Morgan fingerprint density at radius 1 is 1.24 bits per heavy atom. The average Bonchev–Trinajstić information content (AvgIpc) is 3.31. The molecule has 0 heterocycles. The van der Waals surface area contributed by atoms with E-state index in [2.05, 4.69) is 15.4 Å². The Bertz CT molecular complexity index is 497. The highest BCUT2D eigenvalue weighted by atomic mass is 16.5. The lowest BCUT2D eigenvalue weighted by Gasteiger charge is -2.17. The Hall–Kier alpha value is -2.24. The van der Waals surface area contributed by atoms with Gasteiger partial charge in [0.15, 0.2) is 0 Å². The van der Waals surface area contributed by atoms with Gasteiger partial charge in [0.05, 0.1) is 20.6 Å². The van der Waals surface area contributed by atoms with Crippen molar-refractivity contribution in [3.63, 3.8) is 0 Å². The largest absolute Gasteiger partial charge is 0.497 e. The molecule has 21 heavy (non-hydrogen) atoms. The van der Waals surface area contributed by atoms with Crippen molar-refractivity contribution < 1.29 is 19.1 Å². The minimum absolute atomic E-state index is 0.171. The van der Waals surface area contributed by atoms with Crippen molar-refractivity contribution in [3.05, 3.63) is 24.3 Å². The monoisotopic (exact) mass is 292 g/mol. The molecule has 0 radical (unpaired) electrons. The summed E-state index contributed by atoms with van der Waals surface area (Å²) >= 11 is 0. The van der Waals surface area contributed by atoms with Crippen molar-refractivity contribution in [1.82, 2.24) is 5.32 Å². The fourth-order valence-electron chi connectivity index (χ4n) is 2.11. The Morgan fingerprint density at radius 2 is 1.90 bits per heavy atom. The first kappa shape index (κ1) is 15.2. The minimum Gasteiger partial charge on any atom is -0.497 e. The molecular formula is C15H20N2O4. The lowest BCUT2D eigenvalue weighted by Crippen LogP contribution is -2.40. The zero-order valence-electron chi connectivity index (χ0n) is 12.2. The van der Waals surface area contributed by atoms with E-state index in [0.717, 1.165) is 18.6 Å². The minimum atomic E-state index is -0.319. The Kier molecular flexibility index (Phi) is 5.03. The van der Waals surface area contributed by atoms with Gasteiger partial charge in [0.25, 0.3) is 0 Å². The molecule has 0 spiro atoms. The zero-order chi connectivity index (χ0) is 15.2. The number of carbonyl (C=O) groups is 2. The third kappa shape index (κ3) is 4.66. The van der Waals surface area contributed by atoms with Gasteiger partial charge in [-0.05, 0) is 43.0 Å². The number of hydrogen-bond acceptors (Lipinski definition) is 4. The van der Waals surface area contributed by atoms with E-state index in [1.165, 1.54) is 7.11 Å². The molecule has 1 aliphatic rings. The standard InChI is InChI=1S/C15H20N2O4/c1-20-12-7-5-11(6-8-12)16-15(19)17-13(10-3-4-10)9-14(18)21-2/h5-8,10,13H,3-4,9H2,1-2H3,(H2,16,17,19)/t13-/m1/s1. The van der Waals surface area contributed by atoms with Crippen LogP contribution < -0.4 is 15.4 Å². The number of amides is 2. The molecule has 1 aromatic carbocycles. The molecule has 2 N–H and O–H groups in total. The summed E-state index contributed by atoms with van der Waals surface area (Å²) in [6, 6.07) is 6.55. The number of carbonyl (C=O) groups excluding carboxylic acids is 2. The molecule has 114 valence electrons. The van der Waals surface area contributed by atoms with Crippen LogP contribution in [0.2, 0.25) is 0 Å². The van der Waals surface area contributed by atoms with E-state index in [0.29, 0.717) is 11.6 Å². The Labute approximate surface area is 123 Å². The van der Waals surface area contributed by atoms with Gasteiger partial charge in [0.2, 0.25) is 0 Å². The van der Waals surface area contributed by atoms with E-state index in [1.54, 1.807) is 31.4 Å². The SMILES string of the molecule is COC(=O)C[C@@H](NC(=O)Nc1ccc(OC)cc1)C1CC1. The fraction of sp³-hybridized carbons (Fsp3) is 0.467. The van der Waals surface area contributed by atoms with Gasteiger partial charge in [0, 0.05) is 11.7 Å². The second-order valence-electron chi connectivity index (χ2n) is 5.05. The van der Waals surface area contributed by atoms with Crippen LogP contribution in [0, 0.1) is 5.92 Å². The first-order valence-electron chi connectivity index (χ1n) is 6.90. The summed E-state index contributed by atoms with van der Waals surface area (Å²) in [4.78, 5) is 23.3. The molecule has 6 nitrogen and oxygen atoms in total. The van der Waals surface area contributed by atoms with Gasteiger partial charge < -0.3 is 20.1 Å². The highest BCUT2D eigenvalue weighted by molar-refractivity contribution is 5.89. The molecule has 0 saturated heterocycles. The number of methoxy groups -OCH3 is 2. The third-order valence-electron chi connectivity index (χ3n) is 3.47. The van der Waals surface area contributed by atoms with Crippen LogP contribution in [0.15, 0.2) is 24.3 Å². The molecule has 0 bridgehead atoms. The molecule has 6 heteroatoms. The molecule has 1 fully saturated rings. The van der Waals surface area contributed by atoms with Crippen molar-refractivity contribution in [2.75, 3.05) is 19.5 Å². The molecule has 0 aliphatic heterocycles. The van der Waals surface area contributed by atoms with Gasteiger partial charge >= 0.3 is 12.0 Å². The van der Waals surface area contributed by atoms with E-state index in [9.17, 15) is 9.59 Å². The predicted octanol–water partition coefficient (Wildman–Crippen LogP) is 2.16. The summed E-state index contributed by atoms with van der Waals surface area (Å²) in [7, 11) is 2.94. The van der Waals surface area contributed by atoms with Crippen LogP contribution >= 0.6 is 0 Å². The van der Waals surface area contributed by atoms with Crippen LogP contribution in [-0.4, -0.2) is 32.3 Å². The second kappa shape index (κ2) is 6.97. The maximum absolute atomic E-state index is 12.0. The zero-order valence-corrected chi connectivity index (χ0v) is 12.2. The number of anilines is 1. The summed E-state index contributed by atoms with van der Waals surface area (Å²) in [6.45, 7) is 0. The molecule has 2 rings (SSSR count). The Balaban J connectivity index is 1.87. The van der Waals surface area contributed by atoms with Crippen LogP contribution in [-0.2, 0) is 9.53 Å². The first-order chi connectivity index (χ1) is 10.1. The molecule has 1 aliphatic carbocycles. The number of esters is 1. The van der Waals surface area contributed by atoms with E-state index < -0.39 is 0 Å². The predicted molar refractivity (Wildman–Crippen MR) is 78.3 cm³/mol.